The molecule has 2 aromatic rings. The van der Waals surface area contributed by atoms with Crippen LogP contribution in [0.2, 0.25) is 0 Å². The number of anilines is 1. The molecule has 19 heavy (non-hydrogen) atoms. The molecule has 0 aliphatic rings. The Morgan fingerprint density at radius 2 is 2.16 bits per heavy atom. The van der Waals surface area contributed by atoms with Crippen molar-refractivity contribution in [1.29, 1.82) is 0 Å². The van der Waals surface area contributed by atoms with E-state index in [1.807, 2.05) is 0 Å². The van der Waals surface area contributed by atoms with E-state index >= 15 is 0 Å². The third-order valence-electron chi connectivity index (χ3n) is 2.47. The van der Waals surface area contributed by atoms with Crippen molar-refractivity contribution in [3.8, 4) is 5.88 Å². The first-order chi connectivity index (χ1) is 9.31. The van der Waals surface area contributed by atoms with Gasteiger partial charge in [0.2, 0.25) is 5.65 Å². The van der Waals surface area contributed by atoms with E-state index in [9.17, 15) is 0 Å². The molecule has 0 aliphatic carbocycles. The lowest BCUT2D eigenvalue weighted by molar-refractivity contribution is 0.0798. The van der Waals surface area contributed by atoms with Crippen LogP contribution in [0.1, 0.15) is 6.42 Å². The Labute approximate surface area is 111 Å². The minimum Gasteiger partial charge on any atom is -0.473 e. The molecular weight excluding hydrogens is 248 g/mol. The number of ether oxygens (including phenoxy) is 3. The predicted molar refractivity (Wildman–Crippen MR) is 70.2 cm³/mol. The highest BCUT2D eigenvalue weighted by Crippen LogP contribution is 2.16. The lowest BCUT2D eigenvalue weighted by atomic mass is 10.5. The van der Waals surface area contributed by atoms with Gasteiger partial charge in [0.25, 0.3) is 5.88 Å². The summed E-state index contributed by atoms with van der Waals surface area (Å²) in [5.74, 6) is 0.812. The van der Waals surface area contributed by atoms with Crippen LogP contribution in [0, 0.1) is 0 Å². The van der Waals surface area contributed by atoms with Gasteiger partial charge in [0.05, 0.1) is 12.8 Å². The molecule has 2 heterocycles. The highest BCUT2D eigenvalue weighted by molar-refractivity contribution is 5.52. The van der Waals surface area contributed by atoms with Gasteiger partial charge in [0, 0.05) is 32.7 Å². The lowest BCUT2D eigenvalue weighted by Crippen LogP contribution is -2.10. The van der Waals surface area contributed by atoms with Gasteiger partial charge in [-0.3, -0.25) is 4.40 Å². The van der Waals surface area contributed by atoms with Crippen LogP contribution in [0.3, 0.4) is 0 Å². The summed E-state index contributed by atoms with van der Waals surface area (Å²) < 4.78 is 17.6. The summed E-state index contributed by atoms with van der Waals surface area (Å²) in [6.45, 7) is 2.26. The molecular formula is C12H18N4O3. The standard InChI is InChI=1S/C12H18N4O3/c1-17-5-2-6-18-7-8-19-12-11-14-3-4-16(11)9-10(13)15-12/h3-4,9H,2,5-8,13H2,1H3. The van der Waals surface area contributed by atoms with Crippen molar-refractivity contribution in [2.45, 2.75) is 6.42 Å². The van der Waals surface area contributed by atoms with Crippen molar-refractivity contribution in [2.75, 3.05) is 39.3 Å². The molecule has 0 saturated heterocycles. The lowest BCUT2D eigenvalue weighted by Gasteiger charge is -2.08. The molecule has 0 radical (unpaired) electrons. The van der Waals surface area contributed by atoms with Crippen LogP contribution < -0.4 is 10.5 Å². The summed E-state index contributed by atoms with van der Waals surface area (Å²) in [4.78, 5) is 8.28. The Morgan fingerprint density at radius 1 is 1.26 bits per heavy atom. The molecule has 2 N–H and O–H groups in total. The molecule has 0 atom stereocenters. The number of nitrogens with zero attached hydrogens (tertiary/aromatic N) is 3. The Morgan fingerprint density at radius 3 is 3.00 bits per heavy atom. The van der Waals surface area contributed by atoms with E-state index in [2.05, 4.69) is 9.97 Å². The second kappa shape index (κ2) is 6.91. The number of hydrogen-bond donors (Lipinski definition) is 1. The van der Waals surface area contributed by atoms with Crippen LogP contribution in [-0.4, -0.2) is 47.9 Å². The first-order valence-corrected chi connectivity index (χ1v) is 6.10. The fraction of sp³-hybridized carbons (Fsp3) is 0.500. The minimum absolute atomic E-state index is 0.390. The van der Waals surface area contributed by atoms with E-state index in [1.54, 1.807) is 30.1 Å². The summed E-state index contributed by atoms with van der Waals surface area (Å²) in [5, 5.41) is 0. The van der Waals surface area contributed by atoms with Gasteiger partial charge in [-0.1, -0.05) is 0 Å². The molecule has 0 spiro atoms. The fourth-order valence-corrected chi connectivity index (χ4v) is 1.62. The maximum Gasteiger partial charge on any atom is 0.260 e. The molecule has 0 aliphatic heterocycles. The van der Waals surface area contributed by atoms with E-state index in [-0.39, 0.29) is 0 Å². The van der Waals surface area contributed by atoms with Gasteiger partial charge < -0.3 is 19.9 Å². The average Bonchev–Trinajstić information content (AvgIpc) is 2.85. The Balaban J connectivity index is 1.79. The molecule has 0 aromatic carbocycles. The second-order valence-corrected chi connectivity index (χ2v) is 3.94. The third kappa shape index (κ3) is 3.80. The Kier molecular flexibility index (Phi) is 4.93. The highest BCUT2D eigenvalue weighted by Gasteiger charge is 2.07. The number of nitrogen functional groups attached to an aromatic ring is 1. The third-order valence-corrected chi connectivity index (χ3v) is 2.47. The Bertz CT molecular complexity index is 515. The maximum atomic E-state index is 5.68. The summed E-state index contributed by atoms with van der Waals surface area (Å²) >= 11 is 0. The van der Waals surface area contributed by atoms with Crippen LogP contribution >= 0.6 is 0 Å². The fourth-order valence-electron chi connectivity index (χ4n) is 1.62. The van der Waals surface area contributed by atoms with Crippen LogP contribution in [-0.2, 0) is 9.47 Å². The predicted octanol–water partition coefficient (Wildman–Crippen LogP) is 0.743. The number of aromatic nitrogens is 3. The van der Waals surface area contributed by atoms with Gasteiger partial charge in [-0.15, -0.1) is 0 Å². The molecule has 104 valence electrons. The highest BCUT2D eigenvalue weighted by atomic mass is 16.5. The maximum absolute atomic E-state index is 5.68. The number of methoxy groups -OCH3 is 1. The zero-order valence-corrected chi connectivity index (χ0v) is 10.9. The number of hydrogen-bond acceptors (Lipinski definition) is 6. The van der Waals surface area contributed by atoms with E-state index in [4.69, 9.17) is 19.9 Å². The van der Waals surface area contributed by atoms with E-state index in [0.29, 0.717) is 43.8 Å². The van der Waals surface area contributed by atoms with Crippen molar-refractivity contribution < 1.29 is 14.2 Å². The summed E-state index contributed by atoms with van der Waals surface area (Å²) in [7, 11) is 1.67. The van der Waals surface area contributed by atoms with Crippen molar-refractivity contribution in [1.82, 2.24) is 14.4 Å². The summed E-state index contributed by atoms with van der Waals surface area (Å²) in [6, 6.07) is 0. The van der Waals surface area contributed by atoms with Crippen LogP contribution in [0.5, 0.6) is 5.88 Å². The minimum atomic E-state index is 0.390. The van der Waals surface area contributed by atoms with Crippen LogP contribution in [0.15, 0.2) is 18.6 Å². The topological polar surface area (TPSA) is 83.9 Å². The molecule has 2 rings (SSSR count). The molecule has 0 unspecified atom stereocenters. The van der Waals surface area contributed by atoms with E-state index in [0.717, 1.165) is 6.42 Å². The normalized spacial score (nSPS) is 11.0. The van der Waals surface area contributed by atoms with Gasteiger partial charge in [-0.05, 0) is 6.42 Å². The van der Waals surface area contributed by atoms with Gasteiger partial charge in [-0.25, -0.2) is 4.98 Å². The van der Waals surface area contributed by atoms with Gasteiger partial charge in [-0.2, -0.15) is 4.98 Å². The summed E-state index contributed by atoms with van der Waals surface area (Å²) in [5.41, 5.74) is 6.33. The molecule has 7 nitrogen and oxygen atoms in total. The number of imidazole rings is 1. The molecule has 0 saturated carbocycles. The SMILES string of the molecule is COCCCOCCOc1nc(N)cn2ccnc12. The number of rotatable bonds is 8. The first kappa shape index (κ1) is 13.6. The van der Waals surface area contributed by atoms with E-state index < -0.39 is 0 Å². The second-order valence-electron chi connectivity index (χ2n) is 3.94. The van der Waals surface area contributed by atoms with Gasteiger partial charge >= 0.3 is 0 Å². The molecule has 2 aromatic heterocycles. The smallest absolute Gasteiger partial charge is 0.260 e. The zero-order chi connectivity index (χ0) is 13.5. The zero-order valence-electron chi connectivity index (χ0n) is 10.9. The average molecular weight is 266 g/mol. The summed E-state index contributed by atoms with van der Waals surface area (Å²) in [6.07, 6.45) is 6.03. The van der Waals surface area contributed by atoms with Gasteiger partial charge in [0.1, 0.15) is 12.4 Å². The van der Waals surface area contributed by atoms with E-state index in [1.165, 1.54) is 0 Å². The van der Waals surface area contributed by atoms with Crippen LogP contribution in [0.25, 0.3) is 5.65 Å². The van der Waals surface area contributed by atoms with Crippen molar-refractivity contribution in [3.63, 3.8) is 0 Å². The van der Waals surface area contributed by atoms with Crippen molar-refractivity contribution in [2.24, 2.45) is 0 Å². The first-order valence-electron chi connectivity index (χ1n) is 6.10. The molecule has 7 heteroatoms. The van der Waals surface area contributed by atoms with Crippen LogP contribution in [0.4, 0.5) is 5.82 Å². The quantitative estimate of drug-likeness (QED) is 0.710. The molecule has 0 bridgehead atoms. The molecule has 0 amide bonds. The molecule has 0 fully saturated rings. The van der Waals surface area contributed by atoms with Crippen molar-refractivity contribution in [3.05, 3.63) is 18.6 Å². The number of nitrogens with two attached hydrogens (primary N) is 1. The monoisotopic (exact) mass is 266 g/mol. The Hall–Kier alpha value is -1.86. The van der Waals surface area contributed by atoms with Crippen molar-refractivity contribution >= 4 is 11.5 Å². The van der Waals surface area contributed by atoms with Gasteiger partial charge in [0.15, 0.2) is 0 Å². The largest absolute Gasteiger partial charge is 0.473 e. The number of fused-ring (bicyclic) bond motifs is 1.